The molecule has 0 amide bonds. The molecule has 0 unspecified atom stereocenters. The highest BCUT2D eigenvalue weighted by Gasteiger charge is 2.17. The predicted octanol–water partition coefficient (Wildman–Crippen LogP) is 1.44. The first-order valence-electron chi connectivity index (χ1n) is 7.56. The number of hydrogen-bond donors (Lipinski definition) is 2. The maximum atomic E-state index is 11.9. The van der Waals surface area contributed by atoms with Crippen molar-refractivity contribution in [1.29, 1.82) is 0 Å². The first kappa shape index (κ1) is 16.5. The molecule has 0 fully saturated rings. The van der Waals surface area contributed by atoms with Crippen molar-refractivity contribution >= 4 is 23.6 Å². The van der Waals surface area contributed by atoms with Crippen molar-refractivity contribution in [2.24, 2.45) is 0 Å². The molecule has 9 heteroatoms. The van der Waals surface area contributed by atoms with E-state index in [0.29, 0.717) is 13.2 Å². The van der Waals surface area contributed by atoms with Crippen molar-refractivity contribution in [3.8, 4) is 0 Å². The zero-order valence-electron chi connectivity index (χ0n) is 13.6. The lowest BCUT2D eigenvalue weighted by atomic mass is 10.2. The summed E-state index contributed by atoms with van der Waals surface area (Å²) in [5.74, 6) is -0.156. The Balaban J connectivity index is 1.65. The first-order chi connectivity index (χ1) is 12.1. The van der Waals surface area contributed by atoms with E-state index in [0.717, 1.165) is 11.3 Å². The van der Waals surface area contributed by atoms with Gasteiger partial charge in [0.15, 0.2) is 12.4 Å². The Morgan fingerprint density at radius 1 is 1.24 bits per heavy atom. The normalized spacial score (nSPS) is 13.2. The van der Waals surface area contributed by atoms with Crippen LogP contribution < -0.4 is 11.1 Å². The van der Waals surface area contributed by atoms with Crippen LogP contribution in [0.1, 0.15) is 11.4 Å². The van der Waals surface area contributed by atoms with Gasteiger partial charge in [-0.1, -0.05) is 17.7 Å². The summed E-state index contributed by atoms with van der Waals surface area (Å²) in [6.07, 6.45) is 1.22. The van der Waals surface area contributed by atoms with Gasteiger partial charge in [-0.2, -0.15) is 15.0 Å². The molecule has 3 N–H and O–H groups in total. The van der Waals surface area contributed by atoms with Gasteiger partial charge < -0.3 is 25.3 Å². The second kappa shape index (κ2) is 7.47. The third-order valence-electron chi connectivity index (χ3n) is 3.19. The fourth-order valence-corrected chi connectivity index (χ4v) is 2.00. The number of rotatable bonds is 5. The van der Waals surface area contributed by atoms with Gasteiger partial charge in [-0.05, 0) is 19.1 Å². The molecule has 0 aliphatic carbocycles. The number of benzene rings is 1. The number of anilines is 3. The summed E-state index contributed by atoms with van der Waals surface area (Å²) in [6, 6.07) is 7.69. The lowest BCUT2D eigenvalue weighted by Crippen LogP contribution is -2.18. The highest BCUT2D eigenvalue weighted by Crippen LogP contribution is 2.15. The van der Waals surface area contributed by atoms with E-state index in [2.05, 4.69) is 20.3 Å². The molecule has 1 aliphatic rings. The third-order valence-corrected chi connectivity index (χ3v) is 3.19. The lowest BCUT2D eigenvalue weighted by molar-refractivity contribution is -0.146. The van der Waals surface area contributed by atoms with Gasteiger partial charge in [-0.15, -0.1) is 0 Å². The van der Waals surface area contributed by atoms with E-state index >= 15 is 0 Å². The number of esters is 1. The minimum Gasteiger partial charge on any atom is -0.493 e. The molecule has 2 heterocycles. The summed E-state index contributed by atoms with van der Waals surface area (Å²) in [6.45, 7) is 2.52. The highest BCUT2D eigenvalue weighted by atomic mass is 16.6. The summed E-state index contributed by atoms with van der Waals surface area (Å²) in [5, 5.41) is 3.02. The Morgan fingerprint density at radius 3 is 2.76 bits per heavy atom. The molecule has 2 aromatic rings. The van der Waals surface area contributed by atoms with Gasteiger partial charge in [0.2, 0.25) is 17.7 Å². The van der Waals surface area contributed by atoms with Crippen LogP contribution in [0.4, 0.5) is 17.6 Å². The number of nitrogens with one attached hydrogen (secondary N) is 1. The van der Waals surface area contributed by atoms with Crippen LogP contribution in [-0.2, 0) is 25.6 Å². The standard InChI is InChI=1S/C16H17N5O4/c1-10-2-4-11(5-3-10)18-16-20-13(19-15(17)21-16)9-25-14(22)12-8-23-6-7-24-12/h2-5,8H,6-7,9H2,1H3,(H3,17,18,19,20,21). The maximum absolute atomic E-state index is 11.9. The number of aromatic nitrogens is 3. The smallest absolute Gasteiger partial charge is 0.377 e. The van der Waals surface area contributed by atoms with Gasteiger partial charge >= 0.3 is 5.97 Å². The summed E-state index contributed by atoms with van der Waals surface area (Å²) in [4.78, 5) is 24.0. The lowest BCUT2D eigenvalue weighted by Gasteiger charge is -2.14. The Hall–Kier alpha value is -3.36. The molecule has 0 bridgehead atoms. The molecule has 3 rings (SSSR count). The molecule has 0 saturated heterocycles. The molecule has 25 heavy (non-hydrogen) atoms. The molecule has 0 radical (unpaired) electrons. The van der Waals surface area contributed by atoms with Crippen molar-refractivity contribution in [3.63, 3.8) is 0 Å². The van der Waals surface area contributed by atoms with Crippen LogP contribution >= 0.6 is 0 Å². The maximum Gasteiger partial charge on any atom is 0.377 e. The van der Waals surface area contributed by atoms with Crippen molar-refractivity contribution in [2.45, 2.75) is 13.5 Å². The zero-order valence-corrected chi connectivity index (χ0v) is 13.6. The largest absolute Gasteiger partial charge is 0.493 e. The molecular formula is C16H17N5O4. The summed E-state index contributed by atoms with van der Waals surface area (Å²) in [5.41, 5.74) is 7.63. The van der Waals surface area contributed by atoms with Crippen molar-refractivity contribution < 1.29 is 19.0 Å². The average molecular weight is 343 g/mol. The zero-order chi connectivity index (χ0) is 17.6. The van der Waals surface area contributed by atoms with Crippen LogP contribution in [0.2, 0.25) is 0 Å². The SMILES string of the molecule is Cc1ccc(Nc2nc(N)nc(COC(=O)C3=COCCO3)n2)cc1. The molecule has 1 aliphatic heterocycles. The summed E-state index contributed by atoms with van der Waals surface area (Å²) >= 11 is 0. The third kappa shape index (κ3) is 4.56. The number of nitrogens with zero attached hydrogens (tertiary/aromatic N) is 3. The number of nitrogen functional groups attached to an aromatic ring is 1. The number of aryl methyl sites for hydroxylation is 1. The second-order valence-corrected chi connectivity index (χ2v) is 5.20. The number of nitrogens with two attached hydrogens (primary N) is 1. The Labute approximate surface area is 143 Å². The van der Waals surface area contributed by atoms with E-state index in [4.69, 9.17) is 19.9 Å². The second-order valence-electron chi connectivity index (χ2n) is 5.20. The van der Waals surface area contributed by atoms with Crippen LogP contribution in [0.25, 0.3) is 0 Å². The van der Waals surface area contributed by atoms with Gasteiger partial charge in [0.1, 0.15) is 19.5 Å². The van der Waals surface area contributed by atoms with E-state index in [9.17, 15) is 4.79 Å². The highest BCUT2D eigenvalue weighted by molar-refractivity contribution is 5.86. The van der Waals surface area contributed by atoms with E-state index in [-0.39, 0.29) is 30.1 Å². The van der Waals surface area contributed by atoms with Gasteiger partial charge in [-0.25, -0.2) is 4.79 Å². The molecule has 0 atom stereocenters. The Morgan fingerprint density at radius 2 is 2.04 bits per heavy atom. The van der Waals surface area contributed by atoms with E-state index in [1.165, 1.54) is 6.26 Å². The topological polar surface area (TPSA) is 121 Å². The minimum atomic E-state index is -0.660. The molecule has 0 spiro atoms. The number of ether oxygens (including phenoxy) is 3. The minimum absolute atomic E-state index is 0.00582. The van der Waals surface area contributed by atoms with Crippen LogP contribution in [0.15, 0.2) is 36.3 Å². The van der Waals surface area contributed by atoms with Crippen molar-refractivity contribution in [1.82, 2.24) is 15.0 Å². The van der Waals surface area contributed by atoms with Gasteiger partial charge in [0.05, 0.1) is 0 Å². The number of carbonyl (C=O) groups excluding carboxylic acids is 1. The molecule has 1 aromatic carbocycles. The molecule has 130 valence electrons. The van der Waals surface area contributed by atoms with E-state index in [1.54, 1.807) is 0 Å². The van der Waals surface area contributed by atoms with Crippen LogP contribution in [-0.4, -0.2) is 34.1 Å². The van der Waals surface area contributed by atoms with Crippen LogP contribution in [0, 0.1) is 6.92 Å². The molecule has 1 aromatic heterocycles. The first-order valence-corrected chi connectivity index (χ1v) is 7.56. The molecular weight excluding hydrogens is 326 g/mol. The Kier molecular flexibility index (Phi) is 4.93. The Bertz CT molecular complexity index is 792. The van der Waals surface area contributed by atoms with Crippen LogP contribution in [0.5, 0.6) is 0 Å². The van der Waals surface area contributed by atoms with Gasteiger partial charge in [0, 0.05) is 5.69 Å². The van der Waals surface area contributed by atoms with Crippen molar-refractivity contribution in [3.05, 3.63) is 47.7 Å². The van der Waals surface area contributed by atoms with E-state index < -0.39 is 5.97 Å². The fourth-order valence-electron chi connectivity index (χ4n) is 2.00. The molecule has 9 nitrogen and oxygen atoms in total. The number of carbonyl (C=O) groups is 1. The monoisotopic (exact) mass is 343 g/mol. The summed E-state index contributed by atoms with van der Waals surface area (Å²) in [7, 11) is 0. The van der Waals surface area contributed by atoms with Crippen molar-refractivity contribution in [2.75, 3.05) is 24.3 Å². The van der Waals surface area contributed by atoms with Crippen LogP contribution in [0.3, 0.4) is 0 Å². The van der Waals surface area contributed by atoms with Gasteiger partial charge in [0.25, 0.3) is 0 Å². The quantitative estimate of drug-likeness (QED) is 0.776. The molecule has 0 saturated carbocycles. The van der Waals surface area contributed by atoms with E-state index in [1.807, 2.05) is 31.2 Å². The predicted molar refractivity (Wildman–Crippen MR) is 88.5 cm³/mol. The average Bonchev–Trinajstić information content (AvgIpc) is 2.62. The fraction of sp³-hybridized carbons (Fsp3) is 0.250. The summed E-state index contributed by atoms with van der Waals surface area (Å²) < 4.78 is 15.2. The van der Waals surface area contributed by atoms with Gasteiger partial charge in [-0.3, -0.25) is 0 Å². The number of hydrogen-bond acceptors (Lipinski definition) is 9.